The van der Waals surface area contributed by atoms with Gasteiger partial charge >= 0.3 is 0 Å². The lowest BCUT2D eigenvalue weighted by Gasteiger charge is -2.31. The summed E-state index contributed by atoms with van der Waals surface area (Å²) in [5, 5.41) is 9.69. The second-order valence-corrected chi connectivity index (χ2v) is 9.31. The molecule has 2 amide bonds. The molecule has 0 aromatic heterocycles. The number of amides is 2. The molecule has 2 aromatic carbocycles. The number of benzene rings is 2. The van der Waals surface area contributed by atoms with E-state index >= 15 is 0 Å². The number of aryl methyl sites for hydroxylation is 2. The van der Waals surface area contributed by atoms with Crippen LogP contribution in [0.25, 0.3) is 0 Å². The maximum Gasteiger partial charge on any atom is 0.273 e. The first-order chi connectivity index (χ1) is 14.2. The molecule has 0 unspecified atom stereocenters. The van der Waals surface area contributed by atoms with Crippen molar-refractivity contribution < 1.29 is 23.1 Å². The van der Waals surface area contributed by atoms with Crippen molar-refractivity contribution in [1.82, 2.24) is 15.2 Å². The molecule has 1 saturated heterocycles. The maximum atomic E-state index is 12.9. The molecule has 3 N–H and O–H groups in total. The Hall–Kier alpha value is -2.91. The summed E-state index contributed by atoms with van der Waals surface area (Å²) in [6.07, 6.45) is 0.699. The lowest BCUT2D eigenvalue weighted by atomic mass is 9.98. The highest BCUT2D eigenvalue weighted by molar-refractivity contribution is 7.89. The molecular weight excluding hydrogens is 406 g/mol. The summed E-state index contributed by atoms with van der Waals surface area (Å²) in [7, 11) is -3.62. The number of sulfonamides is 1. The van der Waals surface area contributed by atoms with Gasteiger partial charge in [0.05, 0.1) is 10.5 Å². The first-order valence-corrected chi connectivity index (χ1v) is 11.1. The molecule has 1 aliphatic heterocycles. The Morgan fingerprint density at radius 2 is 1.70 bits per heavy atom. The topological polar surface area (TPSA) is 116 Å². The third-order valence-corrected chi connectivity index (χ3v) is 7.28. The van der Waals surface area contributed by atoms with Gasteiger partial charge in [-0.15, -0.1) is 0 Å². The van der Waals surface area contributed by atoms with E-state index in [-0.39, 0.29) is 35.2 Å². The van der Waals surface area contributed by atoms with Crippen LogP contribution < -0.4 is 10.9 Å². The predicted octanol–water partition coefficient (Wildman–Crippen LogP) is 1.87. The first kappa shape index (κ1) is 21.8. The summed E-state index contributed by atoms with van der Waals surface area (Å²) < 4.78 is 27.3. The molecule has 9 heteroatoms. The molecule has 30 heavy (non-hydrogen) atoms. The van der Waals surface area contributed by atoms with Crippen LogP contribution in [-0.4, -0.2) is 42.7 Å². The molecule has 1 aliphatic rings. The monoisotopic (exact) mass is 431 g/mol. The third-order valence-electron chi connectivity index (χ3n) is 5.22. The van der Waals surface area contributed by atoms with Gasteiger partial charge in [0.1, 0.15) is 5.75 Å². The number of carbonyl (C=O) groups excluding carboxylic acids is 2. The van der Waals surface area contributed by atoms with E-state index in [4.69, 9.17) is 0 Å². The number of para-hydroxylation sites is 1. The highest BCUT2D eigenvalue weighted by atomic mass is 32.2. The van der Waals surface area contributed by atoms with Crippen molar-refractivity contribution >= 4 is 21.8 Å². The summed E-state index contributed by atoms with van der Waals surface area (Å²) in [4.78, 5) is 24.7. The van der Waals surface area contributed by atoms with Crippen molar-refractivity contribution in [3.63, 3.8) is 0 Å². The fourth-order valence-corrected chi connectivity index (χ4v) is 5.22. The molecule has 0 saturated carbocycles. The SMILES string of the molecule is Cc1ccc(S(=O)(=O)N2CCC(C(=O)NNC(=O)c3ccccc3O)CC2)c(C)c1. The van der Waals surface area contributed by atoms with E-state index in [2.05, 4.69) is 10.9 Å². The standard InChI is InChI=1S/C21H25N3O5S/c1-14-7-8-19(15(2)13-14)30(28,29)24-11-9-16(10-12-24)20(26)22-23-21(27)17-5-3-4-6-18(17)25/h3-8,13,16,25H,9-12H2,1-2H3,(H,22,26)(H,23,27). The molecule has 0 aliphatic carbocycles. The Bertz CT molecular complexity index is 1060. The van der Waals surface area contributed by atoms with E-state index < -0.39 is 21.8 Å². The predicted molar refractivity (Wildman–Crippen MR) is 111 cm³/mol. The van der Waals surface area contributed by atoms with Crippen LogP contribution >= 0.6 is 0 Å². The number of nitrogens with one attached hydrogen (secondary N) is 2. The second kappa shape index (κ2) is 8.85. The van der Waals surface area contributed by atoms with Gasteiger partial charge in [-0.25, -0.2) is 8.42 Å². The van der Waals surface area contributed by atoms with Gasteiger partial charge in [0, 0.05) is 19.0 Å². The number of rotatable bonds is 4. The van der Waals surface area contributed by atoms with Gasteiger partial charge in [0.15, 0.2) is 0 Å². The Morgan fingerprint density at radius 3 is 2.33 bits per heavy atom. The summed E-state index contributed by atoms with van der Waals surface area (Å²) in [6.45, 7) is 4.13. The van der Waals surface area contributed by atoms with Crippen molar-refractivity contribution in [3.8, 4) is 5.75 Å². The number of hydrogen-bond acceptors (Lipinski definition) is 5. The number of nitrogens with zero attached hydrogens (tertiary/aromatic N) is 1. The van der Waals surface area contributed by atoms with Crippen LogP contribution in [0, 0.1) is 19.8 Å². The average molecular weight is 432 g/mol. The Morgan fingerprint density at radius 1 is 1.03 bits per heavy atom. The normalized spacial score (nSPS) is 15.5. The largest absolute Gasteiger partial charge is 0.507 e. The van der Waals surface area contributed by atoms with Gasteiger partial charge in [-0.3, -0.25) is 20.4 Å². The smallest absolute Gasteiger partial charge is 0.273 e. The number of hydrazine groups is 1. The van der Waals surface area contributed by atoms with Crippen molar-refractivity contribution in [1.29, 1.82) is 0 Å². The number of phenolic OH excluding ortho intramolecular Hbond substituents is 1. The molecule has 3 rings (SSSR count). The molecule has 0 bridgehead atoms. The molecule has 2 aromatic rings. The van der Waals surface area contributed by atoms with Gasteiger partial charge in [-0.1, -0.05) is 29.8 Å². The van der Waals surface area contributed by atoms with Gasteiger partial charge in [0.2, 0.25) is 15.9 Å². The van der Waals surface area contributed by atoms with E-state index in [1.54, 1.807) is 31.2 Å². The molecule has 1 fully saturated rings. The van der Waals surface area contributed by atoms with E-state index in [1.807, 2.05) is 13.0 Å². The highest BCUT2D eigenvalue weighted by Gasteiger charge is 2.33. The molecule has 8 nitrogen and oxygen atoms in total. The summed E-state index contributed by atoms with van der Waals surface area (Å²) in [5.74, 6) is -1.62. The van der Waals surface area contributed by atoms with Crippen molar-refractivity contribution in [2.75, 3.05) is 13.1 Å². The molecule has 1 heterocycles. The lowest BCUT2D eigenvalue weighted by molar-refractivity contribution is -0.126. The molecule has 0 spiro atoms. The van der Waals surface area contributed by atoms with Gasteiger partial charge in [-0.05, 0) is 50.5 Å². The number of aromatic hydroxyl groups is 1. The summed E-state index contributed by atoms with van der Waals surface area (Å²) >= 11 is 0. The maximum absolute atomic E-state index is 12.9. The van der Waals surface area contributed by atoms with Gasteiger partial charge in [-0.2, -0.15) is 4.31 Å². The Kier molecular flexibility index (Phi) is 6.42. The van der Waals surface area contributed by atoms with E-state index in [1.165, 1.54) is 16.4 Å². The Labute approximate surface area is 175 Å². The van der Waals surface area contributed by atoms with Crippen LogP contribution in [-0.2, 0) is 14.8 Å². The highest BCUT2D eigenvalue weighted by Crippen LogP contribution is 2.26. The van der Waals surface area contributed by atoms with Crippen LogP contribution in [0.3, 0.4) is 0 Å². The minimum Gasteiger partial charge on any atom is -0.507 e. The van der Waals surface area contributed by atoms with Crippen molar-refractivity contribution in [3.05, 3.63) is 59.2 Å². The second-order valence-electron chi connectivity index (χ2n) is 7.41. The number of piperidine rings is 1. The van der Waals surface area contributed by atoms with Crippen molar-refractivity contribution in [2.24, 2.45) is 5.92 Å². The fraction of sp³-hybridized carbons (Fsp3) is 0.333. The van der Waals surface area contributed by atoms with Crippen LogP contribution in [0.15, 0.2) is 47.4 Å². The number of carbonyl (C=O) groups is 2. The van der Waals surface area contributed by atoms with Crippen LogP contribution in [0.1, 0.15) is 34.3 Å². The minimum atomic E-state index is -3.62. The van der Waals surface area contributed by atoms with Crippen molar-refractivity contribution in [2.45, 2.75) is 31.6 Å². The van der Waals surface area contributed by atoms with E-state index in [9.17, 15) is 23.1 Å². The van der Waals surface area contributed by atoms with E-state index in [0.717, 1.165) is 5.56 Å². The Balaban J connectivity index is 1.56. The van der Waals surface area contributed by atoms with Gasteiger partial charge in [0.25, 0.3) is 5.91 Å². The average Bonchev–Trinajstić information content (AvgIpc) is 2.72. The zero-order valence-corrected chi connectivity index (χ0v) is 17.7. The van der Waals surface area contributed by atoms with Crippen LogP contribution in [0.4, 0.5) is 0 Å². The number of hydrogen-bond donors (Lipinski definition) is 3. The van der Waals surface area contributed by atoms with Crippen LogP contribution in [0.5, 0.6) is 5.75 Å². The van der Waals surface area contributed by atoms with Crippen LogP contribution in [0.2, 0.25) is 0 Å². The van der Waals surface area contributed by atoms with E-state index in [0.29, 0.717) is 18.4 Å². The zero-order chi connectivity index (χ0) is 21.9. The molecular formula is C21H25N3O5S. The summed E-state index contributed by atoms with van der Waals surface area (Å²) in [5.41, 5.74) is 6.39. The molecule has 0 atom stereocenters. The third kappa shape index (κ3) is 4.63. The molecule has 160 valence electrons. The number of phenols is 1. The quantitative estimate of drug-likeness (QED) is 0.639. The first-order valence-electron chi connectivity index (χ1n) is 9.65. The fourth-order valence-electron chi connectivity index (χ4n) is 3.54. The summed E-state index contributed by atoms with van der Waals surface area (Å²) in [6, 6.07) is 11.2. The van der Waals surface area contributed by atoms with Gasteiger partial charge < -0.3 is 5.11 Å². The minimum absolute atomic E-state index is 0.0483. The molecule has 0 radical (unpaired) electrons. The lowest BCUT2D eigenvalue weighted by Crippen LogP contribution is -2.48. The zero-order valence-electron chi connectivity index (χ0n) is 16.9.